The lowest BCUT2D eigenvalue weighted by molar-refractivity contribution is 0.0473. The molecule has 1 atom stereocenters. The summed E-state index contributed by atoms with van der Waals surface area (Å²) in [7, 11) is 0. The Bertz CT molecular complexity index is 422. The van der Waals surface area contributed by atoms with Crippen LogP contribution in [0, 0.1) is 0 Å². The normalized spacial score (nSPS) is 19.7. The van der Waals surface area contributed by atoms with E-state index in [2.05, 4.69) is 10.3 Å². The summed E-state index contributed by atoms with van der Waals surface area (Å²) >= 11 is 0. The molecule has 0 aromatic carbocycles. The minimum Gasteiger partial charge on any atom is -0.391 e. The molecule has 5 nitrogen and oxygen atoms in total. The molecule has 18 heavy (non-hydrogen) atoms. The molecule has 0 bridgehead atoms. The lowest BCUT2D eigenvalue weighted by Crippen LogP contribution is -2.42. The van der Waals surface area contributed by atoms with Crippen LogP contribution in [0.15, 0.2) is 18.3 Å². The second-order valence-corrected chi connectivity index (χ2v) is 4.51. The number of hydrogen-bond donors (Lipinski definition) is 2. The van der Waals surface area contributed by atoms with Crippen LogP contribution in [0.2, 0.25) is 0 Å². The van der Waals surface area contributed by atoms with Crippen molar-refractivity contribution in [3.8, 4) is 0 Å². The van der Waals surface area contributed by atoms with Crippen LogP contribution in [0.1, 0.15) is 30.1 Å². The van der Waals surface area contributed by atoms with Gasteiger partial charge in [-0.05, 0) is 31.9 Å². The topological polar surface area (TPSA) is 65.5 Å². The zero-order chi connectivity index (χ0) is 13.0. The predicted molar refractivity (Wildman–Crippen MR) is 69.5 cm³/mol. The van der Waals surface area contributed by atoms with Crippen LogP contribution < -0.4 is 5.32 Å². The smallest absolute Gasteiger partial charge is 0.254 e. The summed E-state index contributed by atoms with van der Waals surface area (Å²) in [5.41, 5.74) is 0.620. The second kappa shape index (κ2) is 5.82. The molecule has 0 saturated carbocycles. The van der Waals surface area contributed by atoms with Crippen molar-refractivity contribution >= 4 is 11.7 Å². The average molecular weight is 249 g/mol. The first-order chi connectivity index (χ1) is 8.70. The molecule has 1 aromatic heterocycles. The quantitative estimate of drug-likeness (QED) is 0.842. The highest BCUT2D eigenvalue weighted by atomic mass is 16.3. The van der Waals surface area contributed by atoms with E-state index in [9.17, 15) is 9.90 Å². The molecule has 1 aliphatic heterocycles. The summed E-state index contributed by atoms with van der Waals surface area (Å²) in [6, 6.07) is 3.47. The number of anilines is 1. The van der Waals surface area contributed by atoms with Crippen LogP contribution in [-0.2, 0) is 0 Å². The first-order valence-corrected chi connectivity index (χ1v) is 6.38. The van der Waals surface area contributed by atoms with Crippen LogP contribution in [0.4, 0.5) is 5.82 Å². The van der Waals surface area contributed by atoms with E-state index in [-0.39, 0.29) is 5.91 Å². The molecule has 0 aliphatic carbocycles. The molecule has 1 saturated heterocycles. The highest BCUT2D eigenvalue weighted by Crippen LogP contribution is 2.15. The van der Waals surface area contributed by atoms with Crippen LogP contribution in [-0.4, -0.2) is 46.6 Å². The lowest BCUT2D eigenvalue weighted by atomic mass is 10.1. The molecule has 1 amide bonds. The van der Waals surface area contributed by atoms with Crippen molar-refractivity contribution in [2.45, 2.75) is 25.9 Å². The fraction of sp³-hybridized carbons (Fsp3) is 0.538. The van der Waals surface area contributed by atoms with Crippen LogP contribution in [0.25, 0.3) is 0 Å². The van der Waals surface area contributed by atoms with Gasteiger partial charge < -0.3 is 15.3 Å². The minimum atomic E-state index is -0.391. The maximum atomic E-state index is 12.3. The summed E-state index contributed by atoms with van der Waals surface area (Å²) in [6.07, 6.45) is 2.88. The summed E-state index contributed by atoms with van der Waals surface area (Å²) < 4.78 is 0. The highest BCUT2D eigenvalue weighted by Gasteiger charge is 2.23. The van der Waals surface area contributed by atoms with E-state index in [1.807, 2.05) is 6.92 Å². The standard InChI is InChI=1S/C13H19N3O2/c1-2-14-12-8-10(5-6-15-12)13(18)16-7-3-4-11(17)9-16/h5-6,8,11,17H,2-4,7,9H2,1H3,(H,14,15). The van der Waals surface area contributed by atoms with Crippen LogP contribution >= 0.6 is 0 Å². The molecule has 1 unspecified atom stereocenters. The van der Waals surface area contributed by atoms with Gasteiger partial charge >= 0.3 is 0 Å². The number of nitrogens with one attached hydrogen (secondary N) is 1. The Balaban J connectivity index is 2.10. The number of rotatable bonds is 3. The number of likely N-dealkylation sites (tertiary alicyclic amines) is 1. The molecule has 0 spiro atoms. The van der Waals surface area contributed by atoms with Gasteiger partial charge in [-0.1, -0.05) is 0 Å². The monoisotopic (exact) mass is 249 g/mol. The third-order valence-corrected chi connectivity index (χ3v) is 3.05. The van der Waals surface area contributed by atoms with Gasteiger partial charge in [-0.2, -0.15) is 0 Å². The predicted octanol–water partition coefficient (Wildman–Crippen LogP) is 1.11. The Morgan fingerprint density at radius 3 is 3.22 bits per heavy atom. The van der Waals surface area contributed by atoms with Crippen molar-refractivity contribution in [3.63, 3.8) is 0 Å². The van der Waals surface area contributed by atoms with Gasteiger partial charge in [0.15, 0.2) is 0 Å². The molecule has 2 heterocycles. The number of carbonyl (C=O) groups excluding carboxylic acids is 1. The van der Waals surface area contributed by atoms with Crippen molar-refractivity contribution in [2.75, 3.05) is 25.0 Å². The lowest BCUT2D eigenvalue weighted by Gasteiger charge is -2.30. The van der Waals surface area contributed by atoms with Crippen LogP contribution in [0.5, 0.6) is 0 Å². The molecule has 98 valence electrons. The van der Waals surface area contributed by atoms with Gasteiger partial charge in [-0.25, -0.2) is 4.98 Å². The Morgan fingerprint density at radius 2 is 2.50 bits per heavy atom. The van der Waals surface area contributed by atoms with E-state index in [4.69, 9.17) is 0 Å². The molecule has 1 aliphatic rings. The number of aromatic nitrogens is 1. The molecule has 2 rings (SSSR count). The summed E-state index contributed by atoms with van der Waals surface area (Å²) in [4.78, 5) is 18.1. The van der Waals surface area contributed by atoms with E-state index in [1.165, 1.54) is 0 Å². The molecular weight excluding hydrogens is 230 g/mol. The van der Waals surface area contributed by atoms with Gasteiger partial charge in [0.25, 0.3) is 5.91 Å². The number of nitrogens with zero attached hydrogens (tertiary/aromatic N) is 2. The Kier molecular flexibility index (Phi) is 4.15. The van der Waals surface area contributed by atoms with Gasteiger partial charge in [0.05, 0.1) is 6.10 Å². The van der Waals surface area contributed by atoms with Crippen molar-refractivity contribution in [1.82, 2.24) is 9.88 Å². The Labute approximate surface area is 107 Å². The Morgan fingerprint density at radius 1 is 1.67 bits per heavy atom. The van der Waals surface area contributed by atoms with E-state index >= 15 is 0 Å². The summed E-state index contributed by atoms with van der Waals surface area (Å²) in [5, 5.41) is 12.7. The maximum Gasteiger partial charge on any atom is 0.254 e. The Hall–Kier alpha value is -1.62. The second-order valence-electron chi connectivity index (χ2n) is 4.51. The first kappa shape index (κ1) is 12.8. The van der Waals surface area contributed by atoms with Gasteiger partial charge in [0, 0.05) is 31.4 Å². The third-order valence-electron chi connectivity index (χ3n) is 3.05. The number of carbonyl (C=O) groups is 1. The van der Waals surface area contributed by atoms with E-state index in [0.29, 0.717) is 17.9 Å². The summed E-state index contributed by atoms with van der Waals surface area (Å²) in [6.45, 7) is 3.90. The number of hydrogen-bond acceptors (Lipinski definition) is 4. The van der Waals surface area contributed by atoms with Gasteiger partial charge in [0.2, 0.25) is 0 Å². The van der Waals surface area contributed by atoms with Gasteiger partial charge in [-0.15, -0.1) is 0 Å². The molecule has 0 radical (unpaired) electrons. The molecule has 5 heteroatoms. The maximum absolute atomic E-state index is 12.3. The fourth-order valence-corrected chi connectivity index (χ4v) is 2.16. The van der Waals surface area contributed by atoms with Crippen LogP contribution in [0.3, 0.4) is 0 Å². The molecule has 1 fully saturated rings. The number of amides is 1. The zero-order valence-corrected chi connectivity index (χ0v) is 10.6. The highest BCUT2D eigenvalue weighted by molar-refractivity contribution is 5.94. The van der Waals surface area contributed by atoms with Crippen molar-refractivity contribution in [1.29, 1.82) is 0 Å². The number of piperidine rings is 1. The fourth-order valence-electron chi connectivity index (χ4n) is 2.16. The SMILES string of the molecule is CCNc1cc(C(=O)N2CCCC(O)C2)ccn1. The van der Waals surface area contributed by atoms with Crippen molar-refractivity contribution in [3.05, 3.63) is 23.9 Å². The number of β-amino-alcohol motifs (C(OH)–C–C–N with tert-alkyl or cyclic N) is 1. The summed E-state index contributed by atoms with van der Waals surface area (Å²) in [5.74, 6) is 0.677. The average Bonchev–Trinajstić information content (AvgIpc) is 2.39. The molecular formula is C13H19N3O2. The van der Waals surface area contributed by atoms with Crippen molar-refractivity contribution in [2.24, 2.45) is 0 Å². The van der Waals surface area contributed by atoms with Gasteiger partial charge in [0.1, 0.15) is 5.82 Å². The number of aliphatic hydroxyl groups excluding tert-OH is 1. The van der Waals surface area contributed by atoms with Crippen molar-refractivity contribution < 1.29 is 9.90 Å². The van der Waals surface area contributed by atoms with Gasteiger partial charge in [-0.3, -0.25) is 4.79 Å². The molecule has 1 aromatic rings. The van der Waals surface area contributed by atoms with E-state index in [1.54, 1.807) is 23.2 Å². The zero-order valence-electron chi connectivity index (χ0n) is 10.6. The largest absolute Gasteiger partial charge is 0.391 e. The first-order valence-electron chi connectivity index (χ1n) is 6.38. The number of pyridine rings is 1. The molecule has 2 N–H and O–H groups in total. The minimum absolute atomic E-state index is 0.0321. The van der Waals surface area contributed by atoms with E-state index in [0.717, 1.165) is 25.9 Å². The number of aliphatic hydroxyl groups is 1. The third kappa shape index (κ3) is 2.98. The van der Waals surface area contributed by atoms with E-state index < -0.39 is 6.10 Å².